The van der Waals surface area contributed by atoms with E-state index in [1.165, 1.54) is 5.56 Å². The molecule has 1 N–H and O–H groups in total. The summed E-state index contributed by atoms with van der Waals surface area (Å²) in [6.07, 6.45) is 2.22. The van der Waals surface area contributed by atoms with Crippen LogP contribution in [-0.2, 0) is 6.54 Å². The number of hydrogen-bond acceptors (Lipinski definition) is 4. The van der Waals surface area contributed by atoms with Crippen molar-refractivity contribution in [1.82, 2.24) is 10.2 Å². The number of rotatable bonds is 7. The summed E-state index contributed by atoms with van der Waals surface area (Å²) in [5.74, 6) is 1.66. The van der Waals surface area contributed by atoms with Gasteiger partial charge in [0.05, 0.1) is 14.2 Å². The van der Waals surface area contributed by atoms with Crippen LogP contribution in [0.5, 0.6) is 11.5 Å². The quantitative estimate of drug-likeness (QED) is 0.814. The summed E-state index contributed by atoms with van der Waals surface area (Å²) in [6.45, 7) is 3.87. The van der Waals surface area contributed by atoms with E-state index in [1.807, 2.05) is 0 Å². The fourth-order valence-electron chi connectivity index (χ4n) is 3.51. The van der Waals surface area contributed by atoms with E-state index in [-0.39, 0.29) is 5.91 Å². The number of nitrogens with zero attached hydrogens (tertiary/aromatic N) is 1. The lowest BCUT2D eigenvalue weighted by Gasteiger charge is -2.32. The zero-order chi connectivity index (χ0) is 19.1. The van der Waals surface area contributed by atoms with Crippen molar-refractivity contribution in [2.45, 2.75) is 19.4 Å². The van der Waals surface area contributed by atoms with Crippen LogP contribution in [-0.4, -0.2) is 44.7 Å². The molecule has 27 heavy (non-hydrogen) atoms. The van der Waals surface area contributed by atoms with Crippen molar-refractivity contribution in [3.8, 4) is 11.5 Å². The highest BCUT2D eigenvalue weighted by atomic mass is 16.5. The van der Waals surface area contributed by atoms with Gasteiger partial charge in [-0.15, -0.1) is 0 Å². The molecule has 2 aromatic rings. The first-order chi connectivity index (χ1) is 13.2. The lowest BCUT2D eigenvalue weighted by Crippen LogP contribution is -2.38. The van der Waals surface area contributed by atoms with Crippen LogP contribution in [0.2, 0.25) is 0 Å². The maximum Gasteiger partial charge on any atom is 0.251 e. The standard InChI is InChI=1S/C22H28N2O3/c1-26-20-9-8-19(14-21(20)27-2)22(25)23-15-17-10-12-24(13-11-17)16-18-6-4-3-5-7-18/h3-9,14,17H,10-13,15-16H2,1-2H3,(H,23,25). The Morgan fingerprint density at radius 3 is 2.41 bits per heavy atom. The van der Waals surface area contributed by atoms with E-state index in [0.29, 0.717) is 29.5 Å². The number of amides is 1. The third-order valence-electron chi connectivity index (χ3n) is 5.15. The second kappa shape index (κ2) is 9.42. The Hall–Kier alpha value is -2.53. The highest BCUT2D eigenvalue weighted by molar-refractivity contribution is 5.94. The van der Waals surface area contributed by atoms with Crippen LogP contribution >= 0.6 is 0 Å². The molecule has 0 aromatic heterocycles. The monoisotopic (exact) mass is 368 g/mol. The molecule has 1 heterocycles. The molecule has 0 spiro atoms. The van der Waals surface area contributed by atoms with Gasteiger partial charge in [-0.1, -0.05) is 30.3 Å². The van der Waals surface area contributed by atoms with Gasteiger partial charge in [-0.25, -0.2) is 0 Å². The van der Waals surface area contributed by atoms with Crippen LogP contribution in [0.1, 0.15) is 28.8 Å². The Labute approximate surface area is 161 Å². The smallest absolute Gasteiger partial charge is 0.251 e. The molecule has 5 heteroatoms. The van der Waals surface area contributed by atoms with Crippen LogP contribution in [0.4, 0.5) is 0 Å². The van der Waals surface area contributed by atoms with Crippen molar-refractivity contribution in [3.05, 3.63) is 59.7 Å². The number of carbonyl (C=O) groups excluding carboxylic acids is 1. The van der Waals surface area contributed by atoms with Gasteiger partial charge in [0.15, 0.2) is 11.5 Å². The second-order valence-corrected chi connectivity index (χ2v) is 6.98. The van der Waals surface area contributed by atoms with Crippen molar-refractivity contribution in [2.75, 3.05) is 33.9 Å². The van der Waals surface area contributed by atoms with E-state index in [9.17, 15) is 4.79 Å². The number of likely N-dealkylation sites (tertiary alicyclic amines) is 1. The molecular weight excluding hydrogens is 340 g/mol. The summed E-state index contributed by atoms with van der Waals surface area (Å²) >= 11 is 0. The number of piperidine rings is 1. The van der Waals surface area contributed by atoms with Crippen molar-refractivity contribution >= 4 is 5.91 Å². The van der Waals surface area contributed by atoms with E-state index in [2.05, 4.69) is 40.5 Å². The van der Waals surface area contributed by atoms with Gasteiger partial charge >= 0.3 is 0 Å². The van der Waals surface area contributed by atoms with Gasteiger partial charge < -0.3 is 14.8 Å². The highest BCUT2D eigenvalue weighted by Gasteiger charge is 2.20. The summed E-state index contributed by atoms with van der Waals surface area (Å²) < 4.78 is 10.5. The minimum atomic E-state index is -0.0670. The van der Waals surface area contributed by atoms with Crippen molar-refractivity contribution in [1.29, 1.82) is 0 Å². The van der Waals surface area contributed by atoms with Gasteiger partial charge in [0.25, 0.3) is 5.91 Å². The van der Waals surface area contributed by atoms with Crippen LogP contribution in [0.15, 0.2) is 48.5 Å². The molecule has 1 fully saturated rings. The fraction of sp³-hybridized carbons (Fsp3) is 0.409. The van der Waals surface area contributed by atoms with E-state index in [1.54, 1.807) is 32.4 Å². The molecule has 0 unspecified atom stereocenters. The predicted molar refractivity (Wildman–Crippen MR) is 106 cm³/mol. The van der Waals surface area contributed by atoms with Gasteiger partial charge in [0.2, 0.25) is 0 Å². The predicted octanol–water partition coefficient (Wildman–Crippen LogP) is 3.35. The van der Waals surface area contributed by atoms with Gasteiger partial charge in [-0.3, -0.25) is 9.69 Å². The lowest BCUT2D eigenvalue weighted by atomic mass is 9.96. The van der Waals surface area contributed by atoms with E-state index in [4.69, 9.17) is 9.47 Å². The molecule has 1 saturated heterocycles. The first kappa shape index (κ1) is 19.2. The first-order valence-corrected chi connectivity index (χ1v) is 9.46. The number of methoxy groups -OCH3 is 2. The SMILES string of the molecule is COc1ccc(C(=O)NCC2CCN(Cc3ccccc3)CC2)cc1OC. The van der Waals surface area contributed by atoms with E-state index < -0.39 is 0 Å². The fourth-order valence-corrected chi connectivity index (χ4v) is 3.51. The minimum absolute atomic E-state index is 0.0670. The van der Waals surface area contributed by atoms with Crippen LogP contribution in [0.3, 0.4) is 0 Å². The number of nitrogens with one attached hydrogen (secondary N) is 1. The molecule has 0 saturated carbocycles. The summed E-state index contributed by atoms with van der Waals surface area (Å²) in [5, 5.41) is 3.07. The zero-order valence-electron chi connectivity index (χ0n) is 16.1. The van der Waals surface area contributed by atoms with Gasteiger partial charge in [0, 0.05) is 18.7 Å². The average molecular weight is 368 g/mol. The van der Waals surface area contributed by atoms with Crippen molar-refractivity contribution < 1.29 is 14.3 Å². The largest absolute Gasteiger partial charge is 0.493 e. The average Bonchev–Trinajstić information content (AvgIpc) is 2.73. The number of carbonyl (C=O) groups is 1. The van der Waals surface area contributed by atoms with Gasteiger partial charge in [-0.2, -0.15) is 0 Å². The Morgan fingerprint density at radius 2 is 1.74 bits per heavy atom. The Bertz CT molecular complexity index is 740. The third-order valence-corrected chi connectivity index (χ3v) is 5.15. The lowest BCUT2D eigenvalue weighted by molar-refractivity contribution is 0.0935. The first-order valence-electron chi connectivity index (χ1n) is 9.46. The van der Waals surface area contributed by atoms with Crippen LogP contribution < -0.4 is 14.8 Å². The Balaban J connectivity index is 1.45. The van der Waals surface area contributed by atoms with E-state index >= 15 is 0 Å². The molecule has 144 valence electrons. The number of ether oxygens (including phenoxy) is 2. The van der Waals surface area contributed by atoms with Crippen molar-refractivity contribution in [3.63, 3.8) is 0 Å². The summed E-state index contributed by atoms with van der Waals surface area (Å²) in [4.78, 5) is 14.9. The molecule has 3 rings (SSSR count). The summed E-state index contributed by atoms with van der Waals surface area (Å²) in [7, 11) is 3.16. The highest BCUT2D eigenvalue weighted by Crippen LogP contribution is 2.27. The molecule has 0 radical (unpaired) electrons. The molecule has 1 aliphatic rings. The van der Waals surface area contributed by atoms with E-state index in [0.717, 1.165) is 32.5 Å². The molecular formula is C22H28N2O3. The molecule has 0 atom stereocenters. The Morgan fingerprint density at radius 1 is 1.04 bits per heavy atom. The zero-order valence-corrected chi connectivity index (χ0v) is 16.1. The number of hydrogen-bond donors (Lipinski definition) is 1. The topological polar surface area (TPSA) is 50.8 Å². The molecule has 2 aromatic carbocycles. The van der Waals surface area contributed by atoms with Gasteiger partial charge in [0.1, 0.15) is 0 Å². The summed E-state index contributed by atoms with van der Waals surface area (Å²) in [6, 6.07) is 15.8. The second-order valence-electron chi connectivity index (χ2n) is 6.98. The summed E-state index contributed by atoms with van der Waals surface area (Å²) in [5.41, 5.74) is 1.95. The third kappa shape index (κ3) is 5.23. The maximum atomic E-state index is 12.4. The molecule has 0 aliphatic carbocycles. The van der Waals surface area contributed by atoms with Gasteiger partial charge in [-0.05, 0) is 55.6 Å². The molecule has 1 aliphatic heterocycles. The van der Waals surface area contributed by atoms with Crippen molar-refractivity contribution in [2.24, 2.45) is 5.92 Å². The Kier molecular flexibility index (Phi) is 6.71. The van der Waals surface area contributed by atoms with Crippen LogP contribution in [0, 0.1) is 5.92 Å². The number of benzene rings is 2. The van der Waals surface area contributed by atoms with Crippen LogP contribution in [0.25, 0.3) is 0 Å². The molecule has 5 nitrogen and oxygen atoms in total. The normalized spacial score (nSPS) is 15.3. The minimum Gasteiger partial charge on any atom is -0.493 e. The molecule has 0 bridgehead atoms. The maximum absolute atomic E-state index is 12.4. The molecule has 1 amide bonds.